The van der Waals surface area contributed by atoms with E-state index < -0.39 is 5.97 Å². The zero-order valence-electron chi connectivity index (χ0n) is 17.4. The van der Waals surface area contributed by atoms with Gasteiger partial charge in [0.15, 0.2) is 11.5 Å². The lowest BCUT2D eigenvalue weighted by Crippen LogP contribution is -2.09. The lowest BCUT2D eigenvalue weighted by atomic mass is 10.1. The van der Waals surface area contributed by atoms with E-state index in [1.165, 1.54) is 5.69 Å². The summed E-state index contributed by atoms with van der Waals surface area (Å²) in [6, 6.07) is 14.0. The van der Waals surface area contributed by atoms with Crippen LogP contribution in [0.5, 0.6) is 17.2 Å². The molecule has 1 aromatic heterocycles. The molecule has 6 nitrogen and oxygen atoms in total. The van der Waals surface area contributed by atoms with Crippen LogP contribution in [0, 0.1) is 0 Å². The second kappa shape index (κ2) is 8.69. The van der Waals surface area contributed by atoms with Gasteiger partial charge in [0.1, 0.15) is 12.4 Å². The molecule has 1 atom stereocenters. The van der Waals surface area contributed by atoms with Crippen molar-refractivity contribution in [2.45, 2.75) is 45.8 Å². The van der Waals surface area contributed by atoms with Gasteiger partial charge in [0.2, 0.25) is 0 Å². The molecule has 1 unspecified atom stereocenters. The van der Waals surface area contributed by atoms with E-state index in [0.717, 1.165) is 46.6 Å². The summed E-state index contributed by atoms with van der Waals surface area (Å²) >= 11 is 0. The molecule has 0 saturated heterocycles. The van der Waals surface area contributed by atoms with Gasteiger partial charge in [-0.15, -0.1) is 0 Å². The number of rotatable bonds is 9. The normalized spacial score (nSPS) is 15.2. The van der Waals surface area contributed by atoms with Crippen LogP contribution < -0.4 is 14.2 Å². The lowest BCUT2D eigenvalue weighted by Gasteiger charge is -2.14. The predicted molar refractivity (Wildman–Crippen MR) is 115 cm³/mol. The Labute approximate surface area is 176 Å². The maximum atomic E-state index is 11.2. The number of carbonyl (C=O) groups is 1. The highest BCUT2D eigenvalue weighted by atomic mass is 16.5. The van der Waals surface area contributed by atoms with Gasteiger partial charge in [-0.25, -0.2) is 0 Å². The first-order valence-corrected chi connectivity index (χ1v) is 10.5. The Morgan fingerprint density at radius 1 is 1.03 bits per heavy atom. The first kappa shape index (κ1) is 20.1. The van der Waals surface area contributed by atoms with Crippen molar-refractivity contribution in [3.05, 3.63) is 53.7 Å². The smallest absolute Gasteiger partial charge is 0.305 e. The standard InChI is InChI=1S/C24H27NO5/c1-3-28-22-10-5-16(11-23(22)29-4-2)15-30-20-9-6-17-12-18-7-8-19(13-24(26)27)25(18)21(17)14-20/h5-6,9-12,14,19H,3-4,7-8,13,15H2,1-2H3,(H,26,27). The molecular formula is C24H27NO5. The molecule has 30 heavy (non-hydrogen) atoms. The molecule has 1 aliphatic rings. The van der Waals surface area contributed by atoms with Crippen molar-refractivity contribution in [3.63, 3.8) is 0 Å². The third kappa shape index (κ3) is 4.08. The molecule has 0 radical (unpaired) electrons. The van der Waals surface area contributed by atoms with Crippen molar-refractivity contribution in [2.24, 2.45) is 0 Å². The number of carboxylic acids is 1. The largest absolute Gasteiger partial charge is 0.490 e. The fourth-order valence-electron chi connectivity index (χ4n) is 4.16. The van der Waals surface area contributed by atoms with E-state index in [2.05, 4.69) is 10.6 Å². The second-order valence-corrected chi connectivity index (χ2v) is 7.45. The molecule has 4 rings (SSSR count). The van der Waals surface area contributed by atoms with E-state index in [1.807, 2.05) is 50.2 Å². The molecule has 0 fully saturated rings. The Bertz CT molecular complexity index is 1060. The molecule has 2 heterocycles. The van der Waals surface area contributed by atoms with Crippen LogP contribution in [0.1, 0.15) is 44.0 Å². The fourth-order valence-corrected chi connectivity index (χ4v) is 4.16. The number of carboxylic acid groups (broad SMARTS) is 1. The van der Waals surface area contributed by atoms with Crippen LogP contribution in [0.4, 0.5) is 0 Å². The molecular weight excluding hydrogens is 382 g/mol. The van der Waals surface area contributed by atoms with Crippen LogP contribution in [-0.2, 0) is 17.8 Å². The van der Waals surface area contributed by atoms with Gasteiger partial charge in [0, 0.05) is 23.2 Å². The van der Waals surface area contributed by atoms with Crippen LogP contribution in [0.3, 0.4) is 0 Å². The van der Waals surface area contributed by atoms with Gasteiger partial charge >= 0.3 is 5.97 Å². The zero-order valence-corrected chi connectivity index (χ0v) is 17.4. The average molecular weight is 409 g/mol. The number of hydrogen-bond donors (Lipinski definition) is 1. The number of aryl methyl sites for hydroxylation is 1. The van der Waals surface area contributed by atoms with Gasteiger partial charge in [-0.1, -0.05) is 6.07 Å². The van der Waals surface area contributed by atoms with Crippen LogP contribution >= 0.6 is 0 Å². The summed E-state index contributed by atoms with van der Waals surface area (Å²) in [5, 5.41) is 10.3. The summed E-state index contributed by atoms with van der Waals surface area (Å²) in [7, 11) is 0. The molecule has 0 saturated carbocycles. The second-order valence-electron chi connectivity index (χ2n) is 7.45. The van der Waals surface area contributed by atoms with Crippen LogP contribution in [0.25, 0.3) is 10.9 Å². The van der Waals surface area contributed by atoms with E-state index in [-0.39, 0.29) is 12.5 Å². The number of benzene rings is 2. The van der Waals surface area contributed by atoms with Gasteiger partial charge < -0.3 is 23.9 Å². The third-order valence-corrected chi connectivity index (χ3v) is 5.42. The van der Waals surface area contributed by atoms with Gasteiger partial charge in [-0.3, -0.25) is 4.79 Å². The van der Waals surface area contributed by atoms with Gasteiger partial charge in [0.25, 0.3) is 0 Å². The first-order valence-electron chi connectivity index (χ1n) is 10.5. The molecule has 0 bridgehead atoms. The summed E-state index contributed by atoms with van der Waals surface area (Å²) < 4.78 is 19.5. The summed E-state index contributed by atoms with van der Waals surface area (Å²) in [4.78, 5) is 11.2. The number of nitrogens with zero attached hydrogens (tertiary/aromatic N) is 1. The number of aromatic nitrogens is 1. The topological polar surface area (TPSA) is 69.9 Å². The summed E-state index contributed by atoms with van der Waals surface area (Å²) in [5.41, 5.74) is 3.22. The van der Waals surface area contributed by atoms with E-state index in [4.69, 9.17) is 14.2 Å². The Kier molecular flexibility index (Phi) is 5.84. The van der Waals surface area contributed by atoms with E-state index in [1.54, 1.807) is 0 Å². The zero-order chi connectivity index (χ0) is 21.1. The number of hydrogen-bond acceptors (Lipinski definition) is 4. The number of ether oxygens (including phenoxy) is 3. The van der Waals surface area contributed by atoms with Crippen LogP contribution in [-0.4, -0.2) is 28.9 Å². The molecule has 0 spiro atoms. The van der Waals surface area contributed by atoms with Crippen molar-refractivity contribution in [1.82, 2.24) is 4.57 Å². The molecule has 1 aliphatic heterocycles. The molecule has 6 heteroatoms. The summed E-state index contributed by atoms with van der Waals surface area (Å²) in [6.45, 7) is 5.45. The van der Waals surface area contributed by atoms with Crippen molar-refractivity contribution < 1.29 is 24.1 Å². The highest BCUT2D eigenvalue weighted by Crippen LogP contribution is 2.36. The molecule has 0 aliphatic carbocycles. The lowest BCUT2D eigenvalue weighted by molar-refractivity contribution is -0.137. The van der Waals surface area contributed by atoms with E-state index in [0.29, 0.717) is 19.8 Å². The quantitative estimate of drug-likeness (QED) is 0.540. The average Bonchev–Trinajstić information content (AvgIpc) is 3.27. The summed E-state index contributed by atoms with van der Waals surface area (Å²) in [5.74, 6) is 1.45. The minimum Gasteiger partial charge on any atom is -0.490 e. The Morgan fingerprint density at radius 2 is 1.83 bits per heavy atom. The Balaban J connectivity index is 1.54. The van der Waals surface area contributed by atoms with Gasteiger partial charge in [0.05, 0.1) is 25.2 Å². The molecule has 2 aromatic carbocycles. The molecule has 158 valence electrons. The molecule has 0 amide bonds. The molecule has 3 aromatic rings. The van der Waals surface area contributed by atoms with E-state index in [9.17, 15) is 9.90 Å². The van der Waals surface area contributed by atoms with Crippen LogP contribution in [0.15, 0.2) is 42.5 Å². The maximum Gasteiger partial charge on any atom is 0.305 e. The third-order valence-electron chi connectivity index (χ3n) is 5.42. The van der Waals surface area contributed by atoms with Crippen molar-refractivity contribution in [1.29, 1.82) is 0 Å². The predicted octanol–water partition coefficient (Wildman–Crippen LogP) is 4.98. The fraction of sp³-hybridized carbons (Fsp3) is 0.375. The van der Waals surface area contributed by atoms with Crippen LogP contribution in [0.2, 0.25) is 0 Å². The van der Waals surface area contributed by atoms with Crippen molar-refractivity contribution in [3.8, 4) is 17.2 Å². The SMILES string of the molecule is CCOc1ccc(COc2ccc3cc4n(c3c2)C(CC(=O)O)CC4)cc1OCC. The number of aliphatic carboxylic acids is 1. The minimum atomic E-state index is -0.761. The van der Waals surface area contributed by atoms with Crippen molar-refractivity contribution >= 4 is 16.9 Å². The Hall–Kier alpha value is -3.15. The summed E-state index contributed by atoms with van der Waals surface area (Å²) in [6.07, 6.45) is 1.93. The maximum absolute atomic E-state index is 11.2. The Morgan fingerprint density at radius 3 is 2.60 bits per heavy atom. The molecule has 1 N–H and O–H groups in total. The van der Waals surface area contributed by atoms with E-state index >= 15 is 0 Å². The van der Waals surface area contributed by atoms with Gasteiger partial charge in [-0.05, 0) is 62.6 Å². The van der Waals surface area contributed by atoms with Crippen molar-refractivity contribution in [2.75, 3.05) is 13.2 Å². The first-order chi connectivity index (χ1) is 14.6. The highest BCUT2D eigenvalue weighted by Gasteiger charge is 2.26. The monoisotopic (exact) mass is 409 g/mol. The van der Waals surface area contributed by atoms with Gasteiger partial charge in [-0.2, -0.15) is 0 Å². The highest BCUT2D eigenvalue weighted by molar-refractivity contribution is 5.83. The minimum absolute atomic E-state index is 0.00473. The number of fused-ring (bicyclic) bond motifs is 3.